The number of ether oxygens (including phenoxy) is 1. The predicted octanol–water partition coefficient (Wildman–Crippen LogP) is 4.92. The number of aliphatic imine (C=N–C) groups is 1. The predicted molar refractivity (Wildman–Crippen MR) is 85.3 cm³/mol. The minimum absolute atomic E-state index is 0.883. The number of aryl methyl sites for hydroxylation is 1. The average Bonchev–Trinajstić information content (AvgIpc) is 2.49. The summed E-state index contributed by atoms with van der Waals surface area (Å²) >= 11 is 0. The van der Waals surface area contributed by atoms with Crippen molar-refractivity contribution in [2.24, 2.45) is 4.99 Å². The van der Waals surface area contributed by atoms with E-state index < -0.39 is 0 Å². The summed E-state index contributed by atoms with van der Waals surface area (Å²) in [6, 6.07) is 16.3. The highest BCUT2D eigenvalue weighted by Crippen LogP contribution is 2.25. The van der Waals surface area contributed by atoms with Gasteiger partial charge in [-0.25, -0.2) is 0 Å². The zero-order chi connectivity index (χ0) is 14.4. The average molecular weight is 267 g/mol. The lowest BCUT2D eigenvalue weighted by atomic mass is 10.0. The Balaban J connectivity index is 2.48. The number of rotatable bonds is 5. The molecular weight excluding hydrogens is 246 g/mol. The van der Waals surface area contributed by atoms with Gasteiger partial charge in [-0.3, -0.25) is 4.99 Å². The van der Waals surface area contributed by atoms with Crippen molar-refractivity contribution in [2.45, 2.75) is 26.7 Å². The Kier molecular flexibility index (Phi) is 4.94. The number of hydrogen-bond donors (Lipinski definition) is 0. The van der Waals surface area contributed by atoms with Gasteiger partial charge in [0, 0.05) is 5.56 Å². The van der Waals surface area contributed by atoms with Crippen LogP contribution in [0.4, 0.5) is 5.69 Å². The van der Waals surface area contributed by atoms with Crippen molar-refractivity contribution in [3.8, 4) is 5.75 Å². The fourth-order valence-electron chi connectivity index (χ4n) is 2.20. The van der Waals surface area contributed by atoms with E-state index in [1.165, 1.54) is 5.56 Å². The molecule has 0 bridgehead atoms. The molecule has 2 aromatic carbocycles. The fraction of sp³-hybridized carbons (Fsp3) is 0.278. The van der Waals surface area contributed by atoms with Crippen LogP contribution >= 0.6 is 0 Å². The van der Waals surface area contributed by atoms with Crippen LogP contribution in [0.2, 0.25) is 0 Å². The first kappa shape index (κ1) is 14.3. The maximum absolute atomic E-state index is 5.46. The highest BCUT2D eigenvalue weighted by molar-refractivity contribution is 6.04. The lowest BCUT2D eigenvalue weighted by Crippen LogP contribution is -2.03. The SMILES string of the molecule is CCCC(=Nc1ccccc1C)c1ccccc1OC. The largest absolute Gasteiger partial charge is 0.496 e. The van der Waals surface area contributed by atoms with E-state index >= 15 is 0 Å². The van der Waals surface area contributed by atoms with Crippen LogP contribution in [0.15, 0.2) is 53.5 Å². The normalized spacial score (nSPS) is 11.4. The van der Waals surface area contributed by atoms with Gasteiger partial charge in [-0.2, -0.15) is 0 Å². The van der Waals surface area contributed by atoms with E-state index in [2.05, 4.69) is 32.0 Å². The van der Waals surface area contributed by atoms with E-state index in [1.54, 1.807) is 7.11 Å². The number of hydrogen-bond acceptors (Lipinski definition) is 2. The van der Waals surface area contributed by atoms with Crippen LogP contribution in [-0.4, -0.2) is 12.8 Å². The Bertz CT molecular complexity index is 602. The van der Waals surface area contributed by atoms with Crippen LogP contribution in [0, 0.1) is 6.92 Å². The lowest BCUT2D eigenvalue weighted by Gasteiger charge is -2.11. The summed E-state index contributed by atoms with van der Waals surface area (Å²) in [5.74, 6) is 0.883. The summed E-state index contributed by atoms with van der Waals surface area (Å²) in [6.07, 6.45) is 2.00. The molecular formula is C18H21NO. The number of para-hydroxylation sites is 2. The topological polar surface area (TPSA) is 21.6 Å². The van der Waals surface area contributed by atoms with Crippen molar-refractivity contribution < 1.29 is 4.74 Å². The monoisotopic (exact) mass is 267 g/mol. The molecule has 0 aromatic heterocycles. The summed E-state index contributed by atoms with van der Waals surface area (Å²) < 4.78 is 5.46. The van der Waals surface area contributed by atoms with Gasteiger partial charge in [0.05, 0.1) is 18.5 Å². The van der Waals surface area contributed by atoms with Crippen molar-refractivity contribution >= 4 is 11.4 Å². The maximum Gasteiger partial charge on any atom is 0.127 e. The van der Waals surface area contributed by atoms with Gasteiger partial charge >= 0.3 is 0 Å². The van der Waals surface area contributed by atoms with Crippen molar-refractivity contribution in [1.29, 1.82) is 0 Å². The Labute approximate surface area is 121 Å². The Morgan fingerprint density at radius 1 is 1.05 bits per heavy atom. The molecule has 0 fully saturated rings. The first-order valence-corrected chi connectivity index (χ1v) is 7.02. The summed E-state index contributed by atoms with van der Waals surface area (Å²) in [7, 11) is 1.70. The van der Waals surface area contributed by atoms with E-state index in [0.717, 1.165) is 35.6 Å². The van der Waals surface area contributed by atoms with Crippen LogP contribution in [0.5, 0.6) is 5.75 Å². The minimum atomic E-state index is 0.883. The zero-order valence-corrected chi connectivity index (χ0v) is 12.4. The Morgan fingerprint density at radius 2 is 1.75 bits per heavy atom. The lowest BCUT2D eigenvalue weighted by molar-refractivity contribution is 0.414. The van der Waals surface area contributed by atoms with Crippen molar-refractivity contribution in [1.82, 2.24) is 0 Å². The number of nitrogens with zero attached hydrogens (tertiary/aromatic N) is 1. The quantitative estimate of drug-likeness (QED) is 0.704. The molecule has 2 nitrogen and oxygen atoms in total. The van der Waals surface area contributed by atoms with Gasteiger partial charge in [-0.15, -0.1) is 0 Å². The van der Waals surface area contributed by atoms with Gasteiger partial charge < -0.3 is 4.74 Å². The summed E-state index contributed by atoms with van der Waals surface area (Å²) in [5.41, 5.74) is 4.39. The molecule has 0 aliphatic carbocycles. The molecule has 2 heteroatoms. The van der Waals surface area contributed by atoms with Gasteiger partial charge in [0.2, 0.25) is 0 Å². The molecule has 0 unspecified atom stereocenters. The molecule has 0 amide bonds. The Hall–Kier alpha value is -2.09. The molecule has 2 aromatic rings. The van der Waals surface area contributed by atoms with Crippen molar-refractivity contribution in [2.75, 3.05) is 7.11 Å². The second kappa shape index (κ2) is 6.90. The van der Waals surface area contributed by atoms with E-state index in [0.29, 0.717) is 0 Å². The molecule has 0 saturated heterocycles. The zero-order valence-electron chi connectivity index (χ0n) is 12.4. The Morgan fingerprint density at radius 3 is 2.45 bits per heavy atom. The van der Waals surface area contributed by atoms with Gasteiger partial charge in [-0.1, -0.05) is 43.7 Å². The third-order valence-corrected chi connectivity index (χ3v) is 3.28. The van der Waals surface area contributed by atoms with Gasteiger partial charge in [0.15, 0.2) is 0 Å². The summed E-state index contributed by atoms with van der Waals surface area (Å²) in [4.78, 5) is 4.86. The molecule has 0 radical (unpaired) electrons. The number of methoxy groups -OCH3 is 1. The van der Waals surface area contributed by atoms with Crippen LogP contribution in [-0.2, 0) is 0 Å². The van der Waals surface area contributed by atoms with E-state index in [4.69, 9.17) is 9.73 Å². The smallest absolute Gasteiger partial charge is 0.127 e. The molecule has 0 spiro atoms. The molecule has 0 N–H and O–H groups in total. The van der Waals surface area contributed by atoms with Crippen LogP contribution < -0.4 is 4.74 Å². The molecule has 0 saturated carbocycles. The van der Waals surface area contributed by atoms with E-state index in [-0.39, 0.29) is 0 Å². The van der Waals surface area contributed by atoms with Gasteiger partial charge in [-0.05, 0) is 37.1 Å². The standard InChI is InChI=1S/C18H21NO/c1-4-9-17(15-11-6-8-13-18(15)20-3)19-16-12-7-5-10-14(16)2/h5-8,10-13H,4,9H2,1-3H3. The second-order valence-corrected chi connectivity index (χ2v) is 4.80. The minimum Gasteiger partial charge on any atom is -0.496 e. The molecule has 0 atom stereocenters. The van der Waals surface area contributed by atoms with Crippen LogP contribution in [0.3, 0.4) is 0 Å². The van der Waals surface area contributed by atoms with E-state index in [1.807, 2.05) is 30.3 Å². The summed E-state index contributed by atoms with van der Waals surface area (Å²) in [5, 5.41) is 0. The fourth-order valence-corrected chi connectivity index (χ4v) is 2.20. The van der Waals surface area contributed by atoms with Crippen molar-refractivity contribution in [3.63, 3.8) is 0 Å². The van der Waals surface area contributed by atoms with Crippen LogP contribution in [0.25, 0.3) is 0 Å². The summed E-state index contributed by atoms with van der Waals surface area (Å²) in [6.45, 7) is 4.26. The van der Waals surface area contributed by atoms with Gasteiger partial charge in [0.1, 0.15) is 5.75 Å². The van der Waals surface area contributed by atoms with Gasteiger partial charge in [0.25, 0.3) is 0 Å². The molecule has 0 aliphatic rings. The highest BCUT2D eigenvalue weighted by atomic mass is 16.5. The molecule has 0 aliphatic heterocycles. The molecule has 0 heterocycles. The first-order chi connectivity index (χ1) is 9.76. The number of benzene rings is 2. The molecule has 2 rings (SSSR count). The molecule has 20 heavy (non-hydrogen) atoms. The third-order valence-electron chi connectivity index (χ3n) is 3.28. The maximum atomic E-state index is 5.46. The van der Waals surface area contributed by atoms with Crippen LogP contribution in [0.1, 0.15) is 30.9 Å². The van der Waals surface area contributed by atoms with E-state index in [9.17, 15) is 0 Å². The molecule has 104 valence electrons. The first-order valence-electron chi connectivity index (χ1n) is 7.02. The highest BCUT2D eigenvalue weighted by Gasteiger charge is 2.09. The second-order valence-electron chi connectivity index (χ2n) is 4.80. The van der Waals surface area contributed by atoms with Crippen molar-refractivity contribution in [3.05, 3.63) is 59.7 Å². The third kappa shape index (κ3) is 3.27.